The summed E-state index contributed by atoms with van der Waals surface area (Å²) in [6.07, 6.45) is -1.49. The van der Waals surface area contributed by atoms with Crippen molar-refractivity contribution >= 4 is 11.9 Å². The first-order chi connectivity index (χ1) is 37.0. The first kappa shape index (κ1) is 53.5. The summed E-state index contributed by atoms with van der Waals surface area (Å²) >= 11 is 0. The Morgan fingerprint density at radius 1 is 0.320 bits per heavy atom. The molecule has 3 aliphatic heterocycles. The van der Waals surface area contributed by atoms with E-state index in [4.69, 9.17) is 47.4 Å². The van der Waals surface area contributed by atoms with E-state index in [0.717, 1.165) is 33.4 Å². The van der Waals surface area contributed by atoms with Gasteiger partial charge in [-0.2, -0.15) is 0 Å². The molecule has 0 saturated carbocycles. The fourth-order valence-electron chi connectivity index (χ4n) is 9.75. The predicted octanol–water partition coefficient (Wildman–Crippen LogP) is 10.6. The van der Waals surface area contributed by atoms with E-state index in [9.17, 15) is 9.59 Å². The van der Waals surface area contributed by atoms with Crippen LogP contribution in [0.15, 0.2) is 194 Å². The standard InChI is InChI=1S/C63H68O12/c64-56-36-21-37-57(65)67-45-55-61(71-41-49-28-13-4-14-29-49)63(73-43-51-32-17-6-18-33-51)59(69-39-47-24-9-2-10-25-47)53(75-55)35-20-19-34-52-58(68-38-46-22-7-1-8-23-46)62(72-42-50-30-15-5-16-31-50)60(54(74-52)44-66-56)70-40-48-26-11-3-12-27-48/h1-20,22-33,52-55,58-63H,21,34-45H2/b20-19-/t52-,53-,54-,55-,58-,59+,60-,61+,62-,63-/m1/s1. The van der Waals surface area contributed by atoms with Crippen LogP contribution < -0.4 is 0 Å². The van der Waals surface area contributed by atoms with Gasteiger partial charge in [-0.25, -0.2) is 0 Å². The third-order valence-corrected chi connectivity index (χ3v) is 13.7. The monoisotopic (exact) mass is 1020 g/mol. The van der Waals surface area contributed by atoms with Crippen LogP contribution in [-0.2, 0) is 96.6 Å². The zero-order valence-corrected chi connectivity index (χ0v) is 42.3. The molecule has 0 amide bonds. The van der Waals surface area contributed by atoms with Crippen molar-refractivity contribution in [3.05, 3.63) is 228 Å². The van der Waals surface area contributed by atoms with Gasteiger partial charge in [0.2, 0.25) is 0 Å². The molecule has 6 aromatic carbocycles. The van der Waals surface area contributed by atoms with Crippen LogP contribution in [0, 0.1) is 0 Å². The van der Waals surface area contributed by atoms with Crippen LogP contribution >= 0.6 is 0 Å². The van der Waals surface area contributed by atoms with Crippen LogP contribution in [0.3, 0.4) is 0 Å². The van der Waals surface area contributed by atoms with E-state index in [-0.39, 0.29) is 58.9 Å². The Morgan fingerprint density at radius 2 is 0.560 bits per heavy atom. The number of hydrogen-bond donors (Lipinski definition) is 0. The van der Waals surface area contributed by atoms with E-state index in [1.54, 1.807) is 0 Å². The van der Waals surface area contributed by atoms with Gasteiger partial charge in [-0.3, -0.25) is 9.59 Å². The number of esters is 2. The number of cyclic esters (lactones) is 2. The number of benzene rings is 6. The van der Waals surface area contributed by atoms with Crippen molar-refractivity contribution in [2.75, 3.05) is 13.2 Å². The van der Waals surface area contributed by atoms with Crippen molar-refractivity contribution in [1.82, 2.24) is 0 Å². The second-order valence-corrected chi connectivity index (χ2v) is 19.2. The largest absolute Gasteiger partial charge is 0.463 e. The van der Waals surface area contributed by atoms with Gasteiger partial charge in [0.1, 0.15) is 62.0 Å². The van der Waals surface area contributed by atoms with Gasteiger partial charge in [0.15, 0.2) is 0 Å². The van der Waals surface area contributed by atoms with E-state index in [2.05, 4.69) is 12.2 Å². The number of fused-ring (bicyclic) bond motifs is 4. The number of ether oxygens (including phenoxy) is 10. The highest BCUT2D eigenvalue weighted by Gasteiger charge is 2.50. The van der Waals surface area contributed by atoms with Gasteiger partial charge in [0.25, 0.3) is 0 Å². The fraction of sp³-hybridized carbons (Fsp3) is 0.365. The maximum atomic E-state index is 13.5. The topological polar surface area (TPSA) is 126 Å². The van der Waals surface area contributed by atoms with E-state index in [1.807, 2.05) is 182 Å². The summed E-state index contributed by atoms with van der Waals surface area (Å²) in [5.41, 5.74) is 5.88. The molecular weight excluding hydrogens is 949 g/mol. The molecule has 0 aliphatic carbocycles. The third-order valence-electron chi connectivity index (χ3n) is 13.7. The van der Waals surface area contributed by atoms with Crippen LogP contribution in [0.2, 0.25) is 0 Å². The minimum absolute atomic E-state index is 0.0130. The SMILES string of the molecule is O=C1CCCC(=O)OC[C@H]2O[C@H](C/C=C\C[C@H]3O[C@H](CO1)[C@H](OCc1ccccc1)[C@H](OCc1ccccc1)[C@H]3OCc1ccccc1)[C@@H](OCc1ccccc1)[C@@H](OCc1ccccc1)[C@@H]2OCc1ccccc1. The molecule has 12 nitrogen and oxygen atoms in total. The molecule has 12 heteroatoms. The first-order valence-corrected chi connectivity index (χ1v) is 26.2. The average Bonchev–Trinajstić information content (AvgIpc) is 3.46. The molecule has 0 unspecified atom stereocenters. The van der Waals surface area contributed by atoms with E-state index >= 15 is 0 Å². The summed E-state index contributed by atoms with van der Waals surface area (Å²) < 4.78 is 67.4. The van der Waals surface area contributed by atoms with Crippen LogP contribution in [0.5, 0.6) is 0 Å². The lowest BCUT2D eigenvalue weighted by molar-refractivity contribution is -0.270. The van der Waals surface area contributed by atoms with Crippen LogP contribution in [-0.4, -0.2) is 86.2 Å². The summed E-state index contributed by atoms with van der Waals surface area (Å²) in [4.78, 5) is 27.1. The molecule has 6 aromatic rings. The summed E-state index contributed by atoms with van der Waals surface area (Å²) in [5, 5.41) is 0. The zero-order chi connectivity index (χ0) is 51.3. The van der Waals surface area contributed by atoms with E-state index in [0.29, 0.717) is 26.1 Å². The van der Waals surface area contributed by atoms with Crippen molar-refractivity contribution in [1.29, 1.82) is 0 Å². The maximum Gasteiger partial charge on any atom is 0.305 e. The Hall–Kier alpha value is -6.32. The molecule has 3 aliphatic rings. The van der Waals surface area contributed by atoms with Gasteiger partial charge >= 0.3 is 11.9 Å². The quantitative estimate of drug-likeness (QED) is 0.0601. The molecule has 9 rings (SSSR count). The maximum absolute atomic E-state index is 13.5. The summed E-state index contributed by atoms with van der Waals surface area (Å²) in [6, 6.07) is 59.8. The molecule has 4 bridgehead atoms. The molecule has 2 saturated heterocycles. The molecular formula is C63H68O12. The Labute approximate surface area is 440 Å². The van der Waals surface area contributed by atoms with Gasteiger partial charge < -0.3 is 47.4 Å². The van der Waals surface area contributed by atoms with Crippen LogP contribution in [0.4, 0.5) is 0 Å². The zero-order valence-electron chi connectivity index (χ0n) is 42.3. The molecule has 0 N–H and O–H groups in total. The smallest absolute Gasteiger partial charge is 0.305 e. The second-order valence-electron chi connectivity index (χ2n) is 19.2. The van der Waals surface area contributed by atoms with Crippen molar-refractivity contribution in [2.24, 2.45) is 0 Å². The summed E-state index contributed by atoms with van der Waals surface area (Å²) in [5.74, 6) is -0.945. The summed E-state index contributed by atoms with van der Waals surface area (Å²) in [6.45, 7) is 1.45. The predicted molar refractivity (Wildman–Crippen MR) is 282 cm³/mol. The number of hydrogen-bond acceptors (Lipinski definition) is 12. The highest BCUT2D eigenvalue weighted by atomic mass is 16.6. The number of carbonyl (C=O) groups excluding carboxylic acids is 2. The van der Waals surface area contributed by atoms with E-state index in [1.165, 1.54) is 0 Å². The fourth-order valence-corrected chi connectivity index (χ4v) is 9.75. The van der Waals surface area contributed by atoms with Gasteiger partial charge in [-0.05, 0) is 52.6 Å². The van der Waals surface area contributed by atoms with Gasteiger partial charge in [0, 0.05) is 12.8 Å². The summed E-state index contributed by atoms with van der Waals surface area (Å²) in [7, 11) is 0. The van der Waals surface area contributed by atoms with Crippen molar-refractivity contribution in [3.8, 4) is 0 Å². The molecule has 10 atom stereocenters. The minimum Gasteiger partial charge on any atom is -0.463 e. The lowest BCUT2D eigenvalue weighted by Gasteiger charge is -2.46. The highest BCUT2D eigenvalue weighted by Crippen LogP contribution is 2.35. The minimum atomic E-state index is -0.742. The lowest BCUT2D eigenvalue weighted by Crippen LogP contribution is -2.61. The van der Waals surface area contributed by atoms with Gasteiger partial charge in [-0.15, -0.1) is 0 Å². The Balaban J connectivity index is 1.05. The molecule has 0 aromatic heterocycles. The Bertz CT molecular complexity index is 2430. The molecule has 75 heavy (non-hydrogen) atoms. The van der Waals surface area contributed by atoms with Gasteiger partial charge in [0.05, 0.1) is 51.8 Å². The van der Waals surface area contributed by atoms with Crippen molar-refractivity contribution in [2.45, 2.75) is 133 Å². The molecule has 392 valence electrons. The lowest BCUT2D eigenvalue weighted by atomic mass is 9.91. The van der Waals surface area contributed by atoms with E-state index < -0.39 is 73.0 Å². The van der Waals surface area contributed by atoms with Crippen molar-refractivity contribution < 1.29 is 57.0 Å². The Morgan fingerprint density at radius 3 is 0.827 bits per heavy atom. The second kappa shape index (κ2) is 28.5. The van der Waals surface area contributed by atoms with Gasteiger partial charge in [-0.1, -0.05) is 194 Å². The molecule has 0 radical (unpaired) electrons. The Kier molecular flexibility index (Phi) is 20.4. The highest BCUT2D eigenvalue weighted by molar-refractivity contribution is 5.72. The third kappa shape index (κ3) is 16.1. The average molecular weight is 1020 g/mol. The normalized spacial score (nSPS) is 26.1. The van der Waals surface area contributed by atoms with Crippen molar-refractivity contribution in [3.63, 3.8) is 0 Å². The molecule has 0 spiro atoms. The number of rotatable bonds is 18. The number of carbonyl (C=O) groups is 2. The van der Waals surface area contributed by atoms with Crippen LogP contribution in [0.1, 0.15) is 65.5 Å². The molecule has 3 heterocycles. The first-order valence-electron chi connectivity index (χ1n) is 26.2. The molecule has 2 fully saturated rings. The van der Waals surface area contributed by atoms with Crippen LogP contribution in [0.25, 0.3) is 0 Å².